The lowest BCUT2D eigenvalue weighted by Gasteiger charge is -2.35. The van der Waals surface area contributed by atoms with Crippen LogP contribution in [0.15, 0.2) is 0 Å². The van der Waals surface area contributed by atoms with Crippen molar-refractivity contribution in [2.24, 2.45) is 0 Å². The van der Waals surface area contributed by atoms with Gasteiger partial charge in [0.05, 0.1) is 0 Å². The topological polar surface area (TPSA) is 87.7 Å². The van der Waals surface area contributed by atoms with Crippen molar-refractivity contribution in [1.82, 2.24) is 15.5 Å². The van der Waals surface area contributed by atoms with Crippen molar-refractivity contribution in [2.75, 3.05) is 13.1 Å². The van der Waals surface area contributed by atoms with Gasteiger partial charge < -0.3 is 15.4 Å². The summed E-state index contributed by atoms with van der Waals surface area (Å²) in [5, 5.41) is 5.63. The highest BCUT2D eigenvalue weighted by atomic mass is 16.6. The fraction of sp³-hybridized carbons (Fsp3) is 0.833. The molecule has 1 rings (SSSR count). The first kappa shape index (κ1) is 21.3. The van der Waals surface area contributed by atoms with Gasteiger partial charge in [0, 0.05) is 25.6 Å². The van der Waals surface area contributed by atoms with E-state index in [1.54, 1.807) is 20.8 Å². The van der Waals surface area contributed by atoms with Crippen LogP contribution >= 0.6 is 0 Å². The van der Waals surface area contributed by atoms with Crippen LogP contribution in [-0.4, -0.2) is 53.6 Å². The van der Waals surface area contributed by atoms with Crippen molar-refractivity contribution >= 4 is 17.9 Å². The van der Waals surface area contributed by atoms with E-state index in [0.717, 1.165) is 19.3 Å². The number of piperidine rings is 1. The van der Waals surface area contributed by atoms with Gasteiger partial charge in [-0.15, -0.1) is 0 Å². The molecule has 0 aromatic heterocycles. The SMILES string of the molecule is CCC(C)NC(=O)CCNC(=O)C1CCCCN1C(=O)OC(C)(C)C. The summed E-state index contributed by atoms with van der Waals surface area (Å²) in [6.07, 6.45) is 3.01. The maximum Gasteiger partial charge on any atom is 0.410 e. The Balaban J connectivity index is 2.51. The Bertz CT molecular complexity index is 473. The monoisotopic (exact) mass is 355 g/mol. The third-order valence-corrected chi connectivity index (χ3v) is 4.10. The predicted octanol–water partition coefficient (Wildman–Crippen LogP) is 2.20. The molecule has 0 aromatic rings. The van der Waals surface area contributed by atoms with Gasteiger partial charge >= 0.3 is 6.09 Å². The summed E-state index contributed by atoms with van der Waals surface area (Å²) in [6, 6.07) is -0.398. The molecule has 0 bridgehead atoms. The molecule has 25 heavy (non-hydrogen) atoms. The number of amides is 3. The van der Waals surface area contributed by atoms with Crippen LogP contribution in [0, 0.1) is 0 Å². The van der Waals surface area contributed by atoms with E-state index in [4.69, 9.17) is 4.74 Å². The molecule has 2 atom stereocenters. The zero-order valence-electron chi connectivity index (χ0n) is 16.2. The molecule has 0 spiro atoms. The summed E-state index contributed by atoms with van der Waals surface area (Å²) < 4.78 is 5.40. The number of hydrogen-bond donors (Lipinski definition) is 2. The van der Waals surface area contributed by atoms with E-state index in [0.29, 0.717) is 13.0 Å². The second-order valence-electron chi connectivity index (χ2n) is 7.60. The first-order valence-corrected chi connectivity index (χ1v) is 9.20. The van der Waals surface area contributed by atoms with E-state index < -0.39 is 17.7 Å². The average molecular weight is 355 g/mol. The van der Waals surface area contributed by atoms with E-state index in [9.17, 15) is 14.4 Å². The zero-order chi connectivity index (χ0) is 19.0. The number of nitrogens with zero attached hydrogens (tertiary/aromatic N) is 1. The van der Waals surface area contributed by atoms with Crippen molar-refractivity contribution in [2.45, 2.75) is 84.4 Å². The fourth-order valence-corrected chi connectivity index (χ4v) is 2.61. The van der Waals surface area contributed by atoms with Crippen LogP contribution in [0.25, 0.3) is 0 Å². The number of nitrogens with one attached hydrogen (secondary N) is 2. The molecule has 3 amide bonds. The van der Waals surface area contributed by atoms with Crippen LogP contribution < -0.4 is 10.6 Å². The summed E-state index contributed by atoms with van der Waals surface area (Å²) in [5.74, 6) is -0.302. The minimum atomic E-state index is -0.594. The van der Waals surface area contributed by atoms with Crippen LogP contribution in [-0.2, 0) is 14.3 Å². The normalized spacial score (nSPS) is 19.1. The number of carbonyl (C=O) groups is 3. The van der Waals surface area contributed by atoms with Crippen molar-refractivity contribution in [3.05, 3.63) is 0 Å². The van der Waals surface area contributed by atoms with Gasteiger partial charge in [-0.1, -0.05) is 6.92 Å². The molecule has 1 aliphatic heterocycles. The van der Waals surface area contributed by atoms with E-state index in [1.807, 2.05) is 13.8 Å². The quantitative estimate of drug-likeness (QED) is 0.764. The van der Waals surface area contributed by atoms with Crippen LogP contribution in [0.1, 0.15) is 66.7 Å². The molecule has 7 heteroatoms. The first-order chi connectivity index (χ1) is 11.6. The molecule has 1 saturated heterocycles. The standard InChI is InChI=1S/C18H33N3O4/c1-6-13(2)20-15(22)10-11-19-16(23)14-9-7-8-12-21(14)17(24)25-18(3,4)5/h13-14H,6-12H2,1-5H3,(H,19,23)(H,20,22). The molecule has 0 aliphatic carbocycles. The Morgan fingerprint density at radius 1 is 1.24 bits per heavy atom. The second kappa shape index (κ2) is 9.63. The maximum atomic E-state index is 12.4. The molecule has 7 nitrogen and oxygen atoms in total. The number of likely N-dealkylation sites (tertiary alicyclic amines) is 1. The van der Waals surface area contributed by atoms with Gasteiger partial charge in [0.1, 0.15) is 11.6 Å². The maximum absolute atomic E-state index is 12.4. The van der Waals surface area contributed by atoms with Crippen LogP contribution in [0.5, 0.6) is 0 Å². The highest BCUT2D eigenvalue weighted by Gasteiger charge is 2.34. The van der Waals surface area contributed by atoms with Crippen molar-refractivity contribution in [3.63, 3.8) is 0 Å². The van der Waals surface area contributed by atoms with Gasteiger partial charge in [-0.2, -0.15) is 0 Å². The van der Waals surface area contributed by atoms with Gasteiger partial charge in [0.25, 0.3) is 0 Å². The Hall–Kier alpha value is -1.79. The summed E-state index contributed by atoms with van der Waals surface area (Å²) in [4.78, 5) is 38.0. The van der Waals surface area contributed by atoms with E-state index >= 15 is 0 Å². The van der Waals surface area contributed by atoms with E-state index in [2.05, 4.69) is 10.6 Å². The van der Waals surface area contributed by atoms with Crippen LogP contribution in [0.2, 0.25) is 0 Å². The van der Waals surface area contributed by atoms with Gasteiger partial charge in [0.15, 0.2) is 0 Å². The highest BCUT2D eigenvalue weighted by molar-refractivity contribution is 5.86. The van der Waals surface area contributed by atoms with Gasteiger partial charge in [-0.3, -0.25) is 14.5 Å². The first-order valence-electron chi connectivity index (χ1n) is 9.20. The molecule has 0 saturated carbocycles. The molecule has 1 heterocycles. The van der Waals surface area contributed by atoms with Gasteiger partial charge in [-0.05, 0) is 53.4 Å². The largest absolute Gasteiger partial charge is 0.444 e. The molecule has 1 aliphatic rings. The summed E-state index contributed by atoms with van der Waals surface area (Å²) in [5.41, 5.74) is -0.594. The molecular formula is C18H33N3O4. The molecule has 0 radical (unpaired) electrons. The summed E-state index contributed by atoms with van der Waals surface area (Å²) in [7, 11) is 0. The third-order valence-electron chi connectivity index (χ3n) is 4.10. The Morgan fingerprint density at radius 3 is 2.52 bits per heavy atom. The van der Waals surface area contributed by atoms with E-state index in [-0.39, 0.29) is 30.8 Å². The summed E-state index contributed by atoms with van der Waals surface area (Å²) >= 11 is 0. The lowest BCUT2D eigenvalue weighted by atomic mass is 10.0. The smallest absolute Gasteiger partial charge is 0.410 e. The second-order valence-corrected chi connectivity index (χ2v) is 7.60. The van der Waals surface area contributed by atoms with Crippen molar-refractivity contribution in [3.8, 4) is 0 Å². The van der Waals surface area contributed by atoms with Gasteiger partial charge in [-0.25, -0.2) is 4.79 Å². The number of hydrogen-bond acceptors (Lipinski definition) is 4. The third kappa shape index (κ3) is 7.75. The highest BCUT2D eigenvalue weighted by Crippen LogP contribution is 2.20. The lowest BCUT2D eigenvalue weighted by Crippen LogP contribution is -2.53. The Morgan fingerprint density at radius 2 is 1.92 bits per heavy atom. The molecule has 0 aromatic carbocycles. The van der Waals surface area contributed by atoms with Crippen molar-refractivity contribution in [1.29, 1.82) is 0 Å². The molecule has 2 N–H and O–H groups in total. The number of rotatable bonds is 6. The molecule has 2 unspecified atom stereocenters. The fourth-order valence-electron chi connectivity index (χ4n) is 2.61. The molecule has 144 valence electrons. The number of ether oxygens (including phenoxy) is 1. The van der Waals surface area contributed by atoms with Crippen LogP contribution in [0.3, 0.4) is 0 Å². The Labute approximate surface area is 150 Å². The predicted molar refractivity (Wildman–Crippen MR) is 96.1 cm³/mol. The van der Waals surface area contributed by atoms with Crippen LogP contribution in [0.4, 0.5) is 4.79 Å². The average Bonchev–Trinajstić information content (AvgIpc) is 2.52. The zero-order valence-corrected chi connectivity index (χ0v) is 16.2. The number of carbonyl (C=O) groups excluding carboxylic acids is 3. The minimum Gasteiger partial charge on any atom is -0.444 e. The van der Waals surface area contributed by atoms with Gasteiger partial charge in [0.2, 0.25) is 11.8 Å². The van der Waals surface area contributed by atoms with E-state index in [1.165, 1.54) is 4.90 Å². The van der Waals surface area contributed by atoms with Crippen molar-refractivity contribution < 1.29 is 19.1 Å². The summed E-state index contributed by atoms with van der Waals surface area (Å²) in [6.45, 7) is 10.1. The molecular weight excluding hydrogens is 322 g/mol. The molecule has 1 fully saturated rings. The minimum absolute atomic E-state index is 0.0812. The lowest BCUT2D eigenvalue weighted by molar-refractivity contribution is -0.127. The Kier molecular flexibility index (Phi) is 8.19.